The van der Waals surface area contributed by atoms with E-state index in [9.17, 15) is 0 Å². The van der Waals surface area contributed by atoms with Crippen LogP contribution in [0.15, 0.2) is 0 Å². The minimum atomic E-state index is -0.403. The van der Waals surface area contributed by atoms with Gasteiger partial charge in [0.2, 0.25) is 0 Å². The van der Waals surface area contributed by atoms with Crippen molar-refractivity contribution in [2.24, 2.45) is 0 Å². The Kier molecular flexibility index (Phi) is 2.08. The molecule has 1 aliphatic heterocycles. The highest BCUT2D eigenvalue weighted by molar-refractivity contribution is 6.21. The molecule has 0 radical (unpaired) electrons. The van der Waals surface area contributed by atoms with Crippen molar-refractivity contribution in [3.63, 3.8) is 0 Å². The fourth-order valence-electron chi connectivity index (χ4n) is 1.87. The highest BCUT2D eigenvalue weighted by atomic mass is 35.5. The molecular weight excluding hydrogens is 164 g/mol. The molecule has 64 valence electrons. The second-order valence-electron chi connectivity index (χ2n) is 3.22. The summed E-state index contributed by atoms with van der Waals surface area (Å²) in [6, 6.07) is 0. The lowest BCUT2D eigenvalue weighted by Crippen LogP contribution is -2.42. The van der Waals surface area contributed by atoms with Gasteiger partial charge in [-0.1, -0.05) is 6.42 Å². The second-order valence-corrected chi connectivity index (χ2v) is 3.75. The van der Waals surface area contributed by atoms with Crippen LogP contribution in [0, 0.1) is 0 Å². The van der Waals surface area contributed by atoms with E-state index in [2.05, 4.69) is 0 Å². The topological polar surface area (TPSA) is 18.5 Å². The van der Waals surface area contributed by atoms with Crippen molar-refractivity contribution in [1.82, 2.24) is 0 Å². The smallest absolute Gasteiger partial charge is 0.184 e. The molecule has 0 aromatic rings. The molecule has 2 fully saturated rings. The first-order chi connectivity index (χ1) is 5.33. The zero-order chi connectivity index (χ0) is 7.73. The summed E-state index contributed by atoms with van der Waals surface area (Å²) in [5.41, 5.74) is 0. The van der Waals surface area contributed by atoms with Crippen LogP contribution in [0.5, 0.6) is 0 Å². The number of halogens is 1. The third-order valence-corrected chi connectivity index (χ3v) is 3.04. The van der Waals surface area contributed by atoms with Gasteiger partial charge in [0.15, 0.2) is 5.79 Å². The minimum absolute atomic E-state index is 0.0683. The van der Waals surface area contributed by atoms with Crippen LogP contribution >= 0.6 is 11.6 Å². The van der Waals surface area contributed by atoms with Crippen molar-refractivity contribution >= 4 is 11.6 Å². The van der Waals surface area contributed by atoms with E-state index in [1.165, 1.54) is 12.8 Å². The van der Waals surface area contributed by atoms with Crippen LogP contribution in [-0.2, 0) is 9.47 Å². The maximum absolute atomic E-state index is 6.13. The van der Waals surface area contributed by atoms with Gasteiger partial charge in [0, 0.05) is 6.42 Å². The van der Waals surface area contributed by atoms with Crippen molar-refractivity contribution < 1.29 is 9.47 Å². The largest absolute Gasteiger partial charge is 0.346 e. The average molecular weight is 177 g/mol. The van der Waals surface area contributed by atoms with Crippen molar-refractivity contribution in [3.8, 4) is 0 Å². The first kappa shape index (κ1) is 7.84. The van der Waals surface area contributed by atoms with E-state index in [0.29, 0.717) is 13.2 Å². The number of hydrogen-bond donors (Lipinski definition) is 0. The molecule has 0 N–H and O–H groups in total. The average Bonchev–Trinajstić information content (AvgIpc) is 2.46. The number of rotatable bonds is 0. The summed E-state index contributed by atoms with van der Waals surface area (Å²) in [6.07, 6.45) is 4.40. The molecular formula is C8H13ClO2. The van der Waals surface area contributed by atoms with Gasteiger partial charge >= 0.3 is 0 Å². The molecule has 0 aromatic heterocycles. The van der Waals surface area contributed by atoms with Crippen LogP contribution in [0.25, 0.3) is 0 Å². The van der Waals surface area contributed by atoms with Crippen molar-refractivity contribution in [1.29, 1.82) is 0 Å². The molecule has 0 amide bonds. The monoisotopic (exact) mass is 176 g/mol. The molecule has 0 unspecified atom stereocenters. The van der Waals surface area contributed by atoms with Crippen LogP contribution in [-0.4, -0.2) is 24.4 Å². The Bertz CT molecular complexity index is 143. The minimum Gasteiger partial charge on any atom is -0.346 e. The lowest BCUT2D eigenvalue weighted by molar-refractivity contribution is -0.173. The summed E-state index contributed by atoms with van der Waals surface area (Å²) in [5, 5.41) is 0.0683. The highest BCUT2D eigenvalue weighted by Crippen LogP contribution is 2.38. The molecule has 0 aromatic carbocycles. The molecule has 0 bridgehead atoms. The first-order valence-corrected chi connectivity index (χ1v) is 4.69. The summed E-state index contributed by atoms with van der Waals surface area (Å²) >= 11 is 6.13. The van der Waals surface area contributed by atoms with Crippen molar-refractivity contribution in [2.45, 2.75) is 36.8 Å². The molecule has 1 saturated heterocycles. The number of alkyl halides is 1. The van der Waals surface area contributed by atoms with Gasteiger partial charge in [-0.15, -0.1) is 11.6 Å². The Morgan fingerprint density at radius 3 is 2.55 bits per heavy atom. The highest BCUT2D eigenvalue weighted by Gasteiger charge is 2.44. The second kappa shape index (κ2) is 2.92. The fraction of sp³-hybridized carbons (Fsp3) is 1.00. The van der Waals surface area contributed by atoms with Gasteiger partial charge in [-0.3, -0.25) is 0 Å². The first-order valence-electron chi connectivity index (χ1n) is 4.25. The van der Waals surface area contributed by atoms with E-state index in [4.69, 9.17) is 21.1 Å². The summed E-state index contributed by atoms with van der Waals surface area (Å²) in [4.78, 5) is 0. The van der Waals surface area contributed by atoms with E-state index in [-0.39, 0.29) is 5.38 Å². The zero-order valence-electron chi connectivity index (χ0n) is 6.51. The Hall–Kier alpha value is 0.210. The van der Waals surface area contributed by atoms with Gasteiger partial charge in [0.05, 0.1) is 18.6 Å². The molecule has 2 aliphatic rings. The van der Waals surface area contributed by atoms with Crippen LogP contribution in [0.4, 0.5) is 0 Å². The van der Waals surface area contributed by atoms with Crippen molar-refractivity contribution in [3.05, 3.63) is 0 Å². The van der Waals surface area contributed by atoms with Gasteiger partial charge in [-0.2, -0.15) is 0 Å². The summed E-state index contributed by atoms with van der Waals surface area (Å²) < 4.78 is 11.1. The van der Waals surface area contributed by atoms with Gasteiger partial charge in [0.25, 0.3) is 0 Å². The van der Waals surface area contributed by atoms with Crippen LogP contribution in [0.2, 0.25) is 0 Å². The Labute approximate surface area is 71.8 Å². The SMILES string of the molecule is Cl[C@H]1CCCCC12OCCO2. The van der Waals surface area contributed by atoms with Crippen LogP contribution in [0.3, 0.4) is 0 Å². The van der Waals surface area contributed by atoms with E-state index in [1.807, 2.05) is 0 Å². The van der Waals surface area contributed by atoms with Gasteiger partial charge in [-0.25, -0.2) is 0 Å². The third-order valence-electron chi connectivity index (χ3n) is 2.49. The summed E-state index contributed by atoms with van der Waals surface area (Å²) in [7, 11) is 0. The maximum Gasteiger partial charge on any atom is 0.184 e. The molecule has 1 heterocycles. The Morgan fingerprint density at radius 1 is 1.18 bits per heavy atom. The molecule has 2 nitrogen and oxygen atoms in total. The molecule has 3 heteroatoms. The standard InChI is InChI=1S/C8H13ClO2/c9-7-3-1-2-4-8(7)10-5-6-11-8/h7H,1-6H2/t7-/m0/s1. The lowest BCUT2D eigenvalue weighted by atomic mass is 9.94. The van der Waals surface area contributed by atoms with Gasteiger partial charge < -0.3 is 9.47 Å². The maximum atomic E-state index is 6.13. The Balaban J connectivity index is 2.07. The molecule has 1 aliphatic carbocycles. The molecule has 1 saturated carbocycles. The molecule has 11 heavy (non-hydrogen) atoms. The Morgan fingerprint density at radius 2 is 1.91 bits per heavy atom. The molecule has 1 spiro atoms. The van der Waals surface area contributed by atoms with Crippen LogP contribution in [0.1, 0.15) is 25.7 Å². The number of hydrogen-bond acceptors (Lipinski definition) is 2. The van der Waals surface area contributed by atoms with E-state index in [0.717, 1.165) is 12.8 Å². The lowest BCUT2D eigenvalue weighted by Gasteiger charge is -2.35. The molecule has 2 rings (SSSR count). The predicted octanol–water partition coefficient (Wildman–Crippen LogP) is 1.91. The van der Waals surface area contributed by atoms with Gasteiger partial charge in [-0.05, 0) is 12.8 Å². The van der Waals surface area contributed by atoms with Crippen LogP contribution < -0.4 is 0 Å². The fourth-order valence-corrected chi connectivity index (χ4v) is 2.26. The van der Waals surface area contributed by atoms with Gasteiger partial charge in [0.1, 0.15) is 0 Å². The summed E-state index contributed by atoms with van der Waals surface area (Å²) in [6.45, 7) is 1.42. The zero-order valence-corrected chi connectivity index (χ0v) is 7.27. The predicted molar refractivity (Wildman–Crippen MR) is 42.7 cm³/mol. The van der Waals surface area contributed by atoms with E-state index < -0.39 is 5.79 Å². The summed E-state index contributed by atoms with van der Waals surface area (Å²) in [5.74, 6) is -0.403. The van der Waals surface area contributed by atoms with Crippen molar-refractivity contribution in [2.75, 3.05) is 13.2 Å². The van der Waals surface area contributed by atoms with E-state index >= 15 is 0 Å². The number of ether oxygens (including phenoxy) is 2. The quantitative estimate of drug-likeness (QED) is 0.525. The third kappa shape index (κ3) is 1.28. The normalized spacial score (nSPS) is 36.3. The molecule has 1 atom stereocenters. The van der Waals surface area contributed by atoms with E-state index in [1.54, 1.807) is 0 Å².